The van der Waals surface area contributed by atoms with Crippen LogP contribution in [0.25, 0.3) is 32.9 Å². The minimum atomic E-state index is -0.926. The zero-order valence-electron chi connectivity index (χ0n) is 29.9. The number of benzene rings is 2. The monoisotopic (exact) mass is 708 g/mol. The molecule has 4 aromatic rings. The van der Waals surface area contributed by atoms with E-state index in [2.05, 4.69) is 15.7 Å². The first-order valence-electron chi connectivity index (χ1n) is 18.3. The molecule has 5 aliphatic rings. The number of hydrogen-bond acceptors (Lipinski definition) is 9. The number of ether oxygens (including phenoxy) is 3. The molecule has 2 aromatic carbocycles. The predicted octanol–water partition coefficient (Wildman–Crippen LogP) is 6.66. The van der Waals surface area contributed by atoms with Gasteiger partial charge in [-0.25, -0.2) is 18.6 Å². The Morgan fingerprint density at radius 3 is 2.71 bits per heavy atom. The lowest BCUT2D eigenvalue weighted by Gasteiger charge is -2.48. The zero-order chi connectivity index (χ0) is 36.1. The molecule has 5 aliphatic heterocycles. The number of amides is 1. The summed E-state index contributed by atoms with van der Waals surface area (Å²) in [6.45, 7) is 9.35. The molecule has 4 saturated heterocycles. The molecule has 0 N–H and O–H groups in total. The lowest BCUT2D eigenvalue weighted by molar-refractivity contribution is 0.000937. The highest BCUT2D eigenvalue weighted by Gasteiger charge is 2.54. The van der Waals surface area contributed by atoms with Gasteiger partial charge in [0.25, 0.3) is 0 Å². The van der Waals surface area contributed by atoms with Gasteiger partial charge in [0.15, 0.2) is 5.82 Å². The van der Waals surface area contributed by atoms with Crippen molar-refractivity contribution in [3.8, 4) is 35.5 Å². The van der Waals surface area contributed by atoms with Crippen LogP contribution in [0.3, 0.4) is 0 Å². The third kappa shape index (κ3) is 5.14. The molecule has 1 amide bonds. The lowest BCUT2D eigenvalue weighted by Crippen LogP contribution is -2.65. The van der Waals surface area contributed by atoms with Crippen molar-refractivity contribution in [1.29, 1.82) is 0 Å². The van der Waals surface area contributed by atoms with Crippen LogP contribution in [0.1, 0.15) is 65.4 Å². The van der Waals surface area contributed by atoms with E-state index in [4.69, 9.17) is 35.6 Å². The van der Waals surface area contributed by atoms with E-state index in [1.165, 1.54) is 0 Å². The van der Waals surface area contributed by atoms with Gasteiger partial charge in [-0.05, 0) is 71.4 Å². The summed E-state index contributed by atoms with van der Waals surface area (Å²) in [5, 5.41) is 1.89. The summed E-state index contributed by atoms with van der Waals surface area (Å²) in [6.07, 6.45) is 7.83. The first-order valence-corrected chi connectivity index (χ1v) is 18.3. The third-order valence-electron chi connectivity index (χ3n) is 11.6. The fourth-order valence-electron chi connectivity index (χ4n) is 9.57. The molecule has 0 saturated carbocycles. The molecule has 7 heterocycles. The highest BCUT2D eigenvalue weighted by atomic mass is 19.1. The molecule has 2 aromatic heterocycles. The maximum atomic E-state index is 17.3. The number of anilines is 1. The fraction of sp³-hybridized carbons (Fsp3) is 0.500. The second-order valence-electron chi connectivity index (χ2n) is 16.0. The predicted molar refractivity (Wildman–Crippen MR) is 193 cm³/mol. The van der Waals surface area contributed by atoms with Gasteiger partial charge in [0.2, 0.25) is 5.88 Å². The number of fused-ring (bicyclic) bond motifs is 7. The second-order valence-corrected chi connectivity index (χ2v) is 16.0. The van der Waals surface area contributed by atoms with Crippen LogP contribution in [0.5, 0.6) is 11.9 Å². The van der Waals surface area contributed by atoms with Gasteiger partial charge in [-0.3, -0.25) is 9.80 Å². The van der Waals surface area contributed by atoms with E-state index in [9.17, 15) is 9.18 Å². The van der Waals surface area contributed by atoms with Gasteiger partial charge in [-0.15, -0.1) is 6.42 Å². The Bertz CT molecular complexity index is 2160. The molecule has 0 spiro atoms. The Hall–Kier alpha value is -4.76. The molecular formula is C40H42F2N6O4. The number of alkyl halides is 1. The molecule has 52 heavy (non-hydrogen) atoms. The number of piperazine rings is 1. The Balaban J connectivity index is 1.21. The van der Waals surface area contributed by atoms with Gasteiger partial charge in [0.05, 0.1) is 23.7 Å². The van der Waals surface area contributed by atoms with Crippen LogP contribution >= 0.6 is 0 Å². The van der Waals surface area contributed by atoms with E-state index in [0.29, 0.717) is 47.2 Å². The number of carbonyl (C=O) groups excluding carboxylic acids is 1. The summed E-state index contributed by atoms with van der Waals surface area (Å²) in [5.41, 5.74) is 0.0761. The number of terminal acetylenes is 1. The highest BCUT2D eigenvalue weighted by Crippen LogP contribution is 2.48. The summed E-state index contributed by atoms with van der Waals surface area (Å²) >= 11 is 0. The van der Waals surface area contributed by atoms with Gasteiger partial charge in [-0.1, -0.05) is 36.3 Å². The van der Waals surface area contributed by atoms with Crippen LogP contribution in [0.2, 0.25) is 0 Å². The third-order valence-corrected chi connectivity index (χ3v) is 11.6. The summed E-state index contributed by atoms with van der Waals surface area (Å²) in [7, 11) is 0. The number of carbonyl (C=O) groups is 1. The number of hydrogen-bond donors (Lipinski definition) is 0. The Kier molecular flexibility index (Phi) is 7.56. The molecule has 6 atom stereocenters. The van der Waals surface area contributed by atoms with E-state index >= 15 is 4.39 Å². The van der Waals surface area contributed by atoms with Gasteiger partial charge >= 0.3 is 12.1 Å². The van der Waals surface area contributed by atoms with Crippen LogP contribution in [-0.4, -0.2) is 98.6 Å². The largest absolute Gasteiger partial charge is 0.472 e. The molecule has 9 rings (SSSR count). The normalized spacial score (nSPS) is 28.0. The SMILES string of the molecule is C#Cc1cccc2cccc(-c3nc4c5c(nc(OC[C@@]67CCCN6C[C@H](F)C7)nc5c3F)N3C[C@H]5CC[C@@H](C3[C@H](C)O4)N5C(=O)OC(C)(C)C)c12. The molecular weight excluding hydrogens is 666 g/mol. The highest BCUT2D eigenvalue weighted by molar-refractivity contribution is 6.03. The summed E-state index contributed by atoms with van der Waals surface area (Å²) in [5.74, 6) is 2.74. The second kappa shape index (κ2) is 11.9. The van der Waals surface area contributed by atoms with Gasteiger partial charge in [-0.2, -0.15) is 9.97 Å². The first-order chi connectivity index (χ1) is 24.9. The number of halogens is 2. The number of aromatic nitrogens is 3. The van der Waals surface area contributed by atoms with Crippen molar-refractivity contribution in [2.24, 2.45) is 0 Å². The first kappa shape index (κ1) is 33.1. The van der Waals surface area contributed by atoms with Crippen molar-refractivity contribution in [3.63, 3.8) is 0 Å². The molecule has 270 valence electrons. The van der Waals surface area contributed by atoms with E-state index in [1.807, 2.05) is 62.9 Å². The van der Waals surface area contributed by atoms with Crippen LogP contribution in [0.4, 0.5) is 19.4 Å². The van der Waals surface area contributed by atoms with Gasteiger partial charge < -0.3 is 19.1 Å². The molecule has 4 fully saturated rings. The van der Waals surface area contributed by atoms with Crippen molar-refractivity contribution in [2.45, 2.75) is 101 Å². The average Bonchev–Trinajstić information content (AvgIpc) is 3.72. The molecule has 10 nitrogen and oxygen atoms in total. The fourth-order valence-corrected chi connectivity index (χ4v) is 9.57. The van der Waals surface area contributed by atoms with Gasteiger partial charge in [0.1, 0.15) is 46.9 Å². The van der Waals surface area contributed by atoms with Crippen molar-refractivity contribution in [1.82, 2.24) is 24.8 Å². The quantitative estimate of drug-likeness (QED) is 0.216. The average molecular weight is 709 g/mol. The van der Waals surface area contributed by atoms with Crippen molar-refractivity contribution in [3.05, 3.63) is 47.8 Å². The molecule has 1 unspecified atom stereocenters. The van der Waals surface area contributed by atoms with E-state index in [-0.39, 0.29) is 53.9 Å². The Labute approximate surface area is 301 Å². The summed E-state index contributed by atoms with van der Waals surface area (Å²) in [4.78, 5) is 34.4. The van der Waals surface area contributed by atoms with E-state index in [1.54, 1.807) is 6.07 Å². The minimum Gasteiger partial charge on any atom is -0.472 e. The summed E-state index contributed by atoms with van der Waals surface area (Å²) in [6, 6.07) is 10.5. The molecule has 2 bridgehead atoms. The van der Waals surface area contributed by atoms with Crippen molar-refractivity contribution < 1.29 is 27.8 Å². The Morgan fingerprint density at radius 1 is 1.12 bits per heavy atom. The zero-order valence-corrected chi connectivity index (χ0v) is 29.9. The lowest BCUT2D eigenvalue weighted by atomic mass is 9.95. The van der Waals surface area contributed by atoms with Gasteiger partial charge in [0, 0.05) is 36.0 Å². The van der Waals surface area contributed by atoms with Crippen molar-refractivity contribution in [2.75, 3.05) is 31.1 Å². The van der Waals surface area contributed by atoms with E-state index in [0.717, 1.165) is 37.6 Å². The van der Waals surface area contributed by atoms with E-state index < -0.39 is 29.2 Å². The van der Waals surface area contributed by atoms with Crippen molar-refractivity contribution >= 4 is 33.6 Å². The molecule has 0 radical (unpaired) electrons. The molecule has 0 aliphatic carbocycles. The standard InChI is InChI=1S/C40H42F2N6O4/c1-6-23-10-7-11-24-12-8-13-27(29(23)24)32-31(42)33-30-35(45-37(44-33)50-21-40-16-9-17-46(40)19-25(41)18-40)47-20-26-14-15-28(34(47)22(2)51-36(30)43-32)48(26)38(49)52-39(3,4)5/h1,7-8,10-13,22,25-26,28,34H,9,14-21H2,2-5H3/t22-,25+,26+,28-,34?,40-/m0/s1. The van der Waals surface area contributed by atoms with Crippen LogP contribution in [-0.2, 0) is 4.74 Å². The maximum Gasteiger partial charge on any atom is 0.410 e. The van der Waals surface area contributed by atoms with Crippen LogP contribution < -0.4 is 14.4 Å². The topological polar surface area (TPSA) is 93.2 Å². The molecule has 12 heteroatoms. The Morgan fingerprint density at radius 2 is 1.92 bits per heavy atom. The smallest absolute Gasteiger partial charge is 0.410 e. The number of pyridine rings is 1. The number of nitrogens with zero attached hydrogens (tertiary/aromatic N) is 6. The maximum absolute atomic E-state index is 17.3. The summed E-state index contributed by atoms with van der Waals surface area (Å²) < 4.78 is 51.0. The van der Waals surface area contributed by atoms with Crippen LogP contribution in [0, 0.1) is 18.2 Å². The minimum absolute atomic E-state index is 0.00508. The number of rotatable bonds is 4. The van der Waals surface area contributed by atoms with Crippen LogP contribution in [0.15, 0.2) is 36.4 Å².